The molecular weight excluding hydrogens is 332 g/mol. The molecule has 3 rings (SSSR count). The first-order valence-corrected chi connectivity index (χ1v) is 9.73. The number of likely N-dealkylation sites (tertiary alicyclic amines) is 1. The Morgan fingerprint density at radius 2 is 2.04 bits per heavy atom. The number of hydrogen-bond donors (Lipinski definition) is 0. The number of aromatic nitrogens is 2. The maximum absolute atomic E-state index is 12.5. The van der Waals surface area contributed by atoms with Crippen LogP contribution in [0.25, 0.3) is 0 Å². The van der Waals surface area contributed by atoms with Gasteiger partial charge in [0.25, 0.3) is 0 Å². The zero-order valence-electron chi connectivity index (χ0n) is 16.2. The van der Waals surface area contributed by atoms with E-state index in [-0.39, 0.29) is 29.7 Å². The van der Waals surface area contributed by atoms with Gasteiger partial charge in [-0.3, -0.25) is 9.59 Å². The predicted molar refractivity (Wildman–Crippen MR) is 96.4 cm³/mol. The molecule has 0 N–H and O–H groups in total. The molecule has 2 fully saturated rings. The standard InChI is InChI=1S/C19H30N4O3/c1-14(2)18-20-15(21-26-18)7-10-22(3)17(25)12-23-13-19(11-16(23)24)8-5-4-6-9-19/h14H,4-13H2,1-3H3. The molecule has 0 bridgehead atoms. The van der Waals surface area contributed by atoms with Crippen molar-refractivity contribution in [1.82, 2.24) is 19.9 Å². The zero-order chi connectivity index (χ0) is 18.7. The second kappa shape index (κ2) is 7.76. The van der Waals surface area contributed by atoms with E-state index in [4.69, 9.17) is 4.52 Å². The van der Waals surface area contributed by atoms with Crippen LogP contribution in [0.2, 0.25) is 0 Å². The van der Waals surface area contributed by atoms with Crippen LogP contribution in [-0.4, -0.2) is 58.4 Å². The number of carbonyl (C=O) groups excluding carboxylic acids is 2. The molecule has 1 spiro atoms. The molecule has 1 aromatic heterocycles. The Morgan fingerprint density at radius 3 is 2.69 bits per heavy atom. The SMILES string of the molecule is CC(C)c1nc(CCN(C)C(=O)CN2CC3(CCCCC3)CC2=O)no1. The van der Waals surface area contributed by atoms with E-state index in [0.29, 0.717) is 31.1 Å². The molecule has 2 heterocycles. The fourth-order valence-corrected chi connectivity index (χ4v) is 4.04. The molecule has 2 aliphatic rings. The van der Waals surface area contributed by atoms with Gasteiger partial charge in [-0.15, -0.1) is 0 Å². The average molecular weight is 362 g/mol. The highest BCUT2D eigenvalue weighted by atomic mass is 16.5. The van der Waals surface area contributed by atoms with E-state index in [9.17, 15) is 9.59 Å². The summed E-state index contributed by atoms with van der Waals surface area (Å²) in [5.41, 5.74) is 0.131. The van der Waals surface area contributed by atoms with Crippen molar-refractivity contribution in [3.8, 4) is 0 Å². The molecule has 26 heavy (non-hydrogen) atoms. The van der Waals surface area contributed by atoms with E-state index in [0.717, 1.165) is 19.4 Å². The van der Waals surface area contributed by atoms with Gasteiger partial charge < -0.3 is 14.3 Å². The minimum absolute atomic E-state index is 0.0289. The minimum atomic E-state index is -0.0289. The summed E-state index contributed by atoms with van der Waals surface area (Å²) in [6.45, 7) is 5.44. The second-order valence-corrected chi connectivity index (χ2v) is 8.26. The van der Waals surface area contributed by atoms with Gasteiger partial charge >= 0.3 is 0 Å². The third-order valence-electron chi connectivity index (χ3n) is 5.72. The molecule has 0 aromatic carbocycles. The highest BCUT2D eigenvalue weighted by Crippen LogP contribution is 2.44. The number of nitrogens with zero attached hydrogens (tertiary/aromatic N) is 4. The summed E-state index contributed by atoms with van der Waals surface area (Å²) >= 11 is 0. The van der Waals surface area contributed by atoms with Crippen molar-refractivity contribution >= 4 is 11.8 Å². The van der Waals surface area contributed by atoms with Crippen molar-refractivity contribution in [3.63, 3.8) is 0 Å². The van der Waals surface area contributed by atoms with Gasteiger partial charge in [0.2, 0.25) is 17.7 Å². The lowest BCUT2D eigenvalue weighted by atomic mass is 9.73. The van der Waals surface area contributed by atoms with E-state index in [2.05, 4.69) is 10.1 Å². The summed E-state index contributed by atoms with van der Waals surface area (Å²) in [6.07, 6.45) is 7.09. The average Bonchev–Trinajstić information content (AvgIpc) is 3.19. The van der Waals surface area contributed by atoms with Crippen LogP contribution in [0.15, 0.2) is 4.52 Å². The van der Waals surface area contributed by atoms with Crippen molar-refractivity contribution in [1.29, 1.82) is 0 Å². The number of carbonyl (C=O) groups is 2. The first kappa shape index (κ1) is 18.9. The van der Waals surface area contributed by atoms with Crippen LogP contribution in [0.3, 0.4) is 0 Å². The monoisotopic (exact) mass is 362 g/mol. The number of amides is 2. The number of likely N-dealkylation sites (N-methyl/N-ethyl adjacent to an activating group) is 1. The quantitative estimate of drug-likeness (QED) is 0.776. The third-order valence-corrected chi connectivity index (χ3v) is 5.72. The highest BCUT2D eigenvalue weighted by Gasteiger charge is 2.43. The maximum Gasteiger partial charge on any atom is 0.241 e. The zero-order valence-corrected chi connectivity index (χ0v) is 16.2. The van der Waals surface area contributed by atoms with Crippen LogP contribution in [-0.2, 0) is 16.0 Å². The first-order valence-electron chi connectivity index (χ1n) is 9.73. The molecule has 0 atom stereocenters. The number of hydrogen-bond acceptors (Lipinski definition) is 5. The summed E-state index contributed by atoms with van der Waals surface area (Å²) in [4.78, 5) is 32.6. The van der Waals surface area contributed by atoms with Crippen LogP contribution in [0.1, 0.15) is 70.0 Å². The van der Waals surface area contributed by atoms with Crippen LogP contribution >= 0.6 is 0 Å². The summed E-state index contributed by atoms with van der Waals surface area (Å²) in [5, 5.41) is 3.95. The van der Waals surface area contributed by atoms with Crippen molar-refractivity contribution in [3.05, 3.63) is 11.7 Å². The normalized spacial score (nSPS) is 19.5. The smallest absolute Gasteiger partial charge is 0.241 e. The fraction of sp³-hybridized carbons (Fsp3) is 0.789. The Hall–Kier alpha value is -1.92. The van der Waals surface area contributed by atoms with Gasteiger partial charge in [-0.25, -0.2) is 0 Å². The minimum Gasteiger partial charge on any atom is -0.344 e. The van der Waals surface area contributed by atoms with Gasteiger partial charge in [0.15, 0.2) is 5.82 Å². The van der Waals surface area contributed by atoms with Gasteiger partial charge in [-0.2, -0.15) is 4.98 Å². The summed E-state index contributed by atoms with van der Waals surface area (Å²) in [7, 11) is 1.77. The largest absolute Gasteiger partial charge is 0.344 e. The van der Waals surface area contributed by atoms with Crippen LogP contribution in [0, 0.1) is 5.41 Å². The Labute approximate surface area is 155 Å². The molecule has 1 aliphatic carbocycles. The Balaban J connectivity index is 1.48. The molecule has 0 unspecified atom stereocenters. The van der Waals surface area contributed by atoms with E-state index in [1.807, 2.05) is 13.8 Å². The van der Waals surface area contributed by atoms with Gasteiger partial charge in [0.1, 0.15) is 0 Å². The molecule has 1 aromatic rings. The first-order chi connectivity index (χ1) is 12.4. The molecule has 2 amide bonds. The summed E-state index contributed by atoms with van der Waals surface area (Å²) in [6, 6.07) is 0. The van der Waals surface area contributed by atoms with Crippen molar-refractivity contribution in [2.24, 2.45) is 5.41 Å². The third kappa shape index (κ3) is 4.24. The van der Waals surface area contributed by atoms with E-state index in [1.54, 1.807) is 16.8 Å². The van der Waals surface area contributed by atoms with Gasteiger partial charge in [-0.1, -0.05) is 38.3 Å². The van der Waals surface area contributed by atoms with Crippen molar-refractivity contribution < 1.29 is 14.1 Å². The molecule has 7 nitrogen and oxygen atoms in total. The molecular formula is C19H30N4O3. The Kier molecular flexibility index (Phi) is 5.63. The molecule has 1 aliphatic heterocycles. The van der Waals surface area contributed by atoms with Crippen LogP contribution < -0.4 is 0 Å². The summed E-state index contributed by atoms with van der Waals surface area (Å²) < 4.78 is 5.19. The topological polar surface area (TPSA) is 79.5 Å². The number of rotatable bonds is 6. The highest BCUT2D eigenvalue weighted by molar-refractivity contribution is 5.86. The van der Waals surface area contributed by atoms with Gasteiger partial charge in [0.05, 0.1) is 6.54 Å². The van der Waals surface area contributed by atoms with Crippen LogP contribution in [0.5, 0.6) is 0 Å². The lowest BCUT2D eigenvalue weighted by Gasteiger charge is -2.32. The molecule has 1 saturated heterocycles. The lowest BCUT2D eigenvalue weighted by molar-refractivity contribution is -0.137. The second-order valence-electron chi connectivity index (χ2n) is 8.26. The molecule has 144 valence electrons. The fourth-order valence-electron chi connectivity index (χ4n) is 4.04. The maximum atomic E-state index is 12.5. The van der Waals surface area contributed by atoms with Crippen LogP contribution in [0.4, 0.5) is 0 Å². The molecule has 7 heteroatoms. The van der Waals surface area contributed by atoms with E-state index < -0.39 is 0 Å². The van der Waals surface area contributed by atoms with Crippen molar-refractivity contribution in [2.75, 3.05) is 26.7 Å². The van der Waals surface area contributed by atoms with E-state index >= 15 is 0 Å². The molecule has 0 radical (unpaired) electrons. The predicted octanol–water partition coefficient (Wildman–Crippen LogP) is 2.38. The van der Waals surface area contributed by atoms with Gasteiger partial charge in [0, 0.05) is 38.9 Å². The van der Waals surface area contributed by atoms with Crippen molar-refractivity contribution in [2.45, 2.75) is 64.7 Å². The lowest BCUT2D eigenvalue weighted by Crippen LogP contribution is -2.40. The summed E-state index contributed by atoms with van der Waals surface area (Å²) in [5.74, 6) is 1.54. The molecule has 1 saturated carbocycles. The van der Waals surface area contributed by atoms with Gasteiger partial charge in [-0.05, 0) is 18.3 Å². The Morgan fingerprint density at radius 1 is 1.31 bits per heavy atom. The van der Waals surface area contributed by atoms with E-state index in [1.165, 1.54) is 19.3 Å². The Bertz CT molecular complexity index is 649.